The largest absolute Gasteiger partial charge is 0.178 e. The molecule has 2 rings (SSSR count). The number of allylic oxidation sites excluding steroid dienone is 2. The lowest BCUT2D eigenvalue weighted by atomic mass is 10.1. The Kier molecular flexibility index (Phi) is 2.45. The summed E-state index contributed by atoms with van der Waals surface area (Å²) in [6.45, 7) is 2.42. The Morgan fingerprint density at radius 1 is 1.33 bits per heavy atom. The number of halogens is 1. The third-order valence-corrected chi connectivity index (χ3v) is 2.65. The highest BCUT2D eigenvalue weighted by molar-refractivity contribution is 5.62. The normalized spacial score (nSPS) is 25.1. The van der Waals surface area contributed by atoms with Crippen LogP contribution in [0.15, 0.2) is 42.5 Å². The van der Waals surface area contributed by atoms with Crippen molar-refractivity contribution >= 4 is 5.70 Å². The third kappa shape index (κ3) is 2.00. The zero-order chi connectivity index (χ0) is 10.9. The van der Waals surface area contributed by atoms with Crippen LogP contribution in [-0.4, -0.2) is 18.3 Å². The summed E-state index contributed by atoms with van der Waals surface area (Å²) in [4.78, 5) is 0. The molecule has 0 bridgehead atoms. The number of rotatable bonds is 1. The van der Waals surface area contributed by atoms with Crippen molar-refractivity contribution < 1.29 is 9.19 Å². The van der Waals surface area contributed by atoms with Gasteiger partial charge in [0.1, 0.15) is 13.6 Å². The zero-order valence-corrected chi connectivity index (χ0v) is 9.07. The van der Waals surface area contributed by atoms with Gasteiger partial charge >= 0.3 is 0 Å². The third-order valence-electron chi connectivity index (χ3n) is 2.65. The highest BCUT2D eigenvalue weighted by Crippen LogP contribution is 2.29. The van der Waals surface area contributed by atoms with Crippen molar-refractivity contribution in [1.29, 1.82) is 0 Å². The van der Waals surface area contributed by atoms with E-state index in [1.54, 1.807) is 7.05 Å². The molecule has 0 saturated heterocycles. The molecule has 0 aliphatic carbocycles. The second-order valence-corrected chi connectivity index (χ2v) is 4.10. The standard InChI is InChI=1S/C13H15FN/c1-11-6-5-7-12(10-11)13-8-3-4-9-15(13,2)14/h3-8,10H,9H2,1-2H3/q+1. The highest BCUT2D eigenvalue weighted by atomic mass is 19.2. The van der Waals surface area contributed by atoms with Gasteiger partial charge in [-0.15, -0.1) is 0 Å². The second-order valence-electron chi connectivity index (χ2n) is 4.10. The van der Waals surface area contributed by atoms with Crippen molar-refractivity contribution in [3.8, 4) is 0 Å². The summed E-state index contributed by atoms with van der Waals surface area (Å²) in [7, 11) is 1.58. The summed E-state index contributed by atoms with van der Waals surface area (Å²) < 4.78 is 13.6. The van der Waals surface area contributed by atoms with Gasteiger partial charge in [-0.3, -0.25) is 0 Å². The molecule has 78 valence electrons. The molecular weight excluding hydrogens is 189 g/mol. The van der Waals surface area contributed by atoms with Crippen LogP contribution in [0.3, 0.4) is 0 Å². The molecular formula is C13H15FN+. The minimum absolute atomic E-state index is 0.403. The average Bonchev–Trinajstić information content (AvgIpc) is 2.17. The summed E-state index contributed by atoms with van der Waals surface area (Å²) >= 11 is 0. The summed E-state index contributed by atoms with van der Waals surface area (Å²) in [5, 5.41) is 0. The van der Waals surface area contributed by atoms with Crippen LogP contribution < -0.4 is 0 Å². The van der Waals surface area contributed by atoms with Crippen LogP contribution in [0.1, 0.15) is 11.1 Å². The number of nitrogens with zero attached hydrogens (tertiary/aromatic N) is 1. The molecule has 1 heterocycles. The first-order valence-electron chi connectivity index (χ1n) is 5.09. The molecule has 0 aromatic heterocycles. The van der Waals surface area contributed by atoms with Crippen LogP contribution in [0.25, 0.3) is 5.70 Å². The fraction of sp³-hybridized carbons (Fsp3) is 0.231. The van der Waals surface area contributed by atoms with Crippen LogP contribution in [0.5, 0.6) is 0 Å². The number of benzene rings is 1. The van der Waals surface area contributed by atoms with Crippen molar-refractivity contribution in [2.75, 3.05) is 13.6 Å². The lowest BCUT2D eigenvalue weighted by Crippen LogP contribution is -2.34. The maximum Gasteiger partial charge on any atom is 0.178 e. The molecule has 1 unspecified atom stereocenters. The lowest BCUT2D eigenvalue weighted by Gasteiger charge is -2.24. The van der Waals surface area contributed by atoms with E-state index in [0.29, 0.717) is 6.54 Å². The number of aryl methyl sites for hydroxylation is 1. The molecule has 1 aromatic carbocycles. The van der Waals surface area contributed by atoms with Gasteiger partial charge < -0.3 is 0 Å². The van der Waals surface area contributed by atoms with E-state index >= 15 is 0 Å². The van der Waals surface area contributed by atoms with E-state index in [0.717, 1.165) is 16.8 Å². The van der Waals surface area contributed by atoms with Crippen molar-refractivity contribution in [3.05, 3.63) is 53.6 Å². The van der Waals surface area contributed by atoms with E-state index in [1.165, 1.54) is 0 Å². The molecule has 0 fully saturated rings. The van der Waals surface area contributed by atoms with Gasteiger partial charge in [0, 0.05) is 16.1 Å². The van der Waals surface area contributed by atoms with Gasteiger partial charge in [-0.05, 0) is 25.1 Å². The number of likely N-dealkylation sites (N-methyl/N-ethyl adjacent to an activating group) is 1. The molecule has 1 aliphatic rings. The van der Waals surface area contributed by atoms with E-state index in [-0.39, 0.29) is 0 Å². The number of quaternary nitrogens is 1. The molecule has 0 amide bonds. The number of hydrogen-bond donors (Lipinski definition) is 0. The van der Waals surface area contributed by atoms with Crippen molar-refractivity contribution in [2.24, 2.45) is 0 Å². The molecule has 0 saturated carbocycles. The fourth-order valence-electron chi connectivity index (χ4n) is 1.84. The lowest BCUT2D eigenvalue weighted by molar-refractivity contribution is -0.976. The van der Waals surface area contributed by atoms with Gasteiger partial charge in [0.15, 0.2) is 5.70 Å². The molecule has 2 heteroatoms. The summed E-state index contributed by atoms with van der Waals surface area (Å²) in [6, 6.07) is 7.95. The van der Waals surface area contributed by atoms with Gasteiger partial charge in [0.05, 0.1) is 0 Å². The van der Waals surface area contributed by atoms with Crippen LogP contribution in [-0.2, 0) is 0 Å². The smallest absolute Gasteiger partial charge is 0.0966 e. The van der Waals surface area contributed by atoms with Crippen LogP contribution in [0.4, 0.5) is 4.48 Å². The van der Waals surface area contributed by atoms with E-state index < -0.39 is 4.71 Å². The Balaban J connectivity index is 2.46. The molecule has 1 nitrogen and oxygen atoms in total. The Labute approximate surface area is 89.7 Å². The average molecular weight is 204 g/mol. The van der Waals surface area contributed by atoms with Crippen LogP contribution >= 0.6 is 0 Å². The Morgan fingerprint density at radius 3 is 2.80 bits per heavy atom. The van der Waals surface area contributed by atoms with E-state index in [1.807, 2.05) is 49.4 Å². The molecule has 15 heavy (non-hydrogen) atoms. The second kappa shape index (κ2) is 3.63. The molecule has 0 N–H and O–H groups in total. The maximum atomic E-state index is 14.2. The first-order chi connectivity index (χ1) is 7.09. The van der Waals surface area contributed by atoms with Crippen LogP contribution in [0, 0.1) is 6.92 Å². The van der Waals surface area contributed by atoms with Gasteiger partial charge in [0.25, 0.3) is 0 Å². The monoisotopic (exact) mass is 204 g/mol. The van der Waals surface area contributed by atoms with Crippen LogP contribution in [0.2, 0.25) is 0 Å². The first-order valence-corrected chi connectivity index (χ1v) is 5.09. The topological polar surface area (TPSA) is 0 Å². The van der Waals surface area contributed by atoms with E-state index in [4.69, 9.17) is 0 Å². The fourth-order valence-corrected chi connectivity index (χ4v) is 1.84. The SMILES string of the molecule is Cc1cccc(C2=CC=CC[N+]2(C)F)c1. The molecule has 0 radical (unpaired) electrons. The number of hydrogen-bond acceptors (Lipinski definition) is 0. The quantitative estimate of drug-likeness (QED) is 0.616. The molecule has 1 aliphatic heterocycles. The summed E-state index contributed by atoms with van der Waals surface area (Å²) in [5.74, 6) is 0. The minimum atomic E-state index is -0.569. The predicted molar refractivity (Wildman–Crippen MR) is 60.5 cm³/mol. The molecule has 1 atom stereocenters. The Hall–Kier alpha value is -1.41. The maximum absolute atomic E-state index is 14.2. The Bertz CT molecular complexity index is 430. The van der Waals surface area contributed by atoms with Gasteiger partial charge in [0.2, 0.25) is 0 Å². The molecule has 0 spiro atoms. The van der Waals surface area contributed by atoms with E-state index in [2.05, 4.69) is 0 Å². The van der Waals surface area contributed by atoms with Gasteiger partial charge in [-0.25, -0.2) is 0 Å². The molecule has 1 aromatic rings. The van der Waals surface area contributed by atoms with Crippen molar-refractivity contribution in [1.82, 2.24) is 0 Å². The predicted octanol–water partition coefficient (Wildman–Crippen LogP) is 3.24. The summed E-state index contributed by atoms with van der Waals surface area (Å²) in [5.41, 5.74) is 2.84. The van der Waals surface area contributed by atoms with Crippen molar-refractivity contribution in [2.45, 2.75) is 6.92 Å². The highest BCUT2D eigenvalue weighted by Gasteiger charge is 2.30. The Morgan fingerprint density at radius 2 is 2.13 bits per heavy atom. The first kappa shape index (κ1) is 10.1. The summed E-state index contributed by atoms with van der Waals surface area (Å²) in [6.07, 6.45) is 5.61. The minimum Gasteiger partial charge on any atom is -0.0966 e. The van der Waals surface area contributed by atoms with Crippen molar-refractivity contribution in [3.63, 3.8) is 0 Å². The zero-order valence-electron chi connectivity index (χ0n) is 9.07. The van der Waals surface area contributed by atoms with E-state index in [9.17, 15) is 4.48 Å². The van der Waals surface area contributed by atoms with Gasteiger partial charge in [-0.2, -0.15) is 0 Å². The van der Waals surface area contributed by atoms with Gasteiger partial charge in [-0.1, -0.05) is 28.5 Å².